The molecule has 0 fully saturated rings. The summed E-state index contributed by atoms with van der Waals surface area (Å²) < 4.78 is 0. The summed E-state index contributed by atoms with van der Waals surface area (Å²) in [6, 6.07) is 0. The van der Waals surface area contributed by atoms with Crippen LogP contribution in [0.3, 0.4) is 0 Å². The molecule has 0 unspecified atom stereocenters. The Morgan fingerprint density at radius 3 is 2.55 bits per heavy atom. The Hall–Kier alpha value is 0.01000. The number of aromatic nitrogens is 1. The summed E-state index contributed by atoms with van der Waals surface area (Å²) in [6.45, 7) is 2.14. The third kappa shape index (κ3) is 4.45. The lowest BCUT2D eigenvalue weighted by Crippen LogP contribution is -1.76. The van der Waals surface area contributed by atoms with Crippen molar-refractivity contribution in [3.63, 3.8) is 0 Å². The summed E-state index contributed by atoms with van der Waals surface area (Å²) in [5, 5.41) is 1.97. The van der Waals surface area contributed by atoms with Crippen LogP contribution >= 0.6 is 36.2 Å². The molecule has 0 aliphatic carbocycles. The summed E-state index contributed by atoms with van der Waals surface area (Å²) in [7, 11) is 0. The molecule has 5 heteroatoms. The zero-order valence-corrected chi connectivity index (χ0v) is 8.69. The molecular weight excluding hydrogens is 203 g/mol. The first kappa shape index (κ1) is 13.6. The second kappa shape index (κ2) is 6.70. The van der Waals surface area contributed by atoms with Crippen LogP contribution in [0.1, 0.15) is 18.4 Å². The third-order valence-electron chi connectivity index (χ3n) is 1.04. The zero-order valence-electron chi connectivity index (χ0n) is 6.24. The van der Waals surface area contributed by atoms with Gasteiger partial charge in [0, 0.05) is 0 Å². The van der Waals surface area contributed by atoms with Gasteiger partial charge in [0.05, 0.1) is 11.2 Å². The van der Waals surface area contributed by atoms with Gasteiger partial charge in [0.1, 0.15) is 5.00 Å². The minimum absolute atomic E-state index is 0. The van der Waals surface area contributed by atoms with Gasteiger partial charge < -0.3 is 5.73 Å². The Kier molecular flexibility index (Phi) is 8.28. The molecule has 0 aliphatic rings. The minimum Gasteiger partial charge on any atom is -0.389 e. The molecule has 0 aliphatic heterocycles. The van der Waals surface area contributed by atoms with Crippen molar-refractivity contribution in [3.8, 4) is 0 Å². The number of nitrogens with two attached hydrogens (primary N) is 1. The van der Waals surface area contributed by atoms with E-state index in [2.05, 4.69) is 11.9 Å². The average Bonchev–Trinajstić information content (AvgIpc) is 2.17. The van der Waals surface area contributed by atoms with Gasteiger partial charge in [-0.25, -0.2) is 4.98 Å². The molecule has 11 heavy (non-hydrogen) atoms. The van der Waals surface area contributed by atoms with Crippen LogP contribution in [0.5, 0.6) is 0 Å². The van der Waals surface area contributed by atoms with Crippen molar-refractivity contribution >= 4 is 41.2 Å². The number of hydrogen-bond acceptors (Lipinski definition) is 3. The molecule has 0 saturated carbocycles. The molecule has 2 N–H and O–H groups in total. The summed E-state index contributed by atoms with van der Waals surface area (Å²) in [4.78, 5) is 4.10. The normalized spacial score (nSPS) is 8.09. The van der Waals surface area contributed by atoms with Gasteiger partial charge in [0.15, 0.2) is 0 Å². The number of aryl methyl sites for hydroxylation is 1. The number of halogens is 2. The van der Waals surface area contributed by atoms with E-state index in [0.29, 0.717) is 0 Å². The number of anilines is 1. The molecule has 1 heterocycles. The Balaban J connectivity index is 0. The fourth-order valence-electron chi connectivity index (χ4n) is 0.654. The molecule has 2 nitrogen and oxygen atoms in total. The van der Waals surface area contributed by atoms with E-state index >= 15 is 0 Å². The lowest BCUT2D eigenvalue weighted by atomic mass is 10.4. The molecule has 66 valence electrons. The summed E-state index contributed by atoms with van der Waals surface area (Å²) >= 11 is 1.58. The average molecular weight is 215 g/mol. The molecule has 0 spiro atoms. The molecule has 1 rings (SSSR count). The predicted molar refractivity (Wildman–Crippen MR) is 55.0 cm³/mol. The Labute approximate surface area is 83.0 Å². The lowest BCUT2D eigenvalue weighted by molar-refractivity contribution is 0.909. The minimum atomic E-state index is 0. The van der Waals surface area contributed by atoms with Crippen LogP contribution in [0.4, 0.5) is 5.00 Å². The molecule has 0 radical (unpaired) electrons. The highest BCUT2D eigenvalue weighted by atomic mass is 35.5. The Bertz CT molecular complexity index is 190. The van der Waals surface area contributed by atoms with E-state index in [4.69, 9.17) is 5.73 Å². The molecular formula is C6H12Cl2N2S. The van der Waals surface area contributed by atoms with E-state index in [-0.39, 0.29) is 24.8 Å². The Morgan fingerprint density at radius 1 is 1.55 bits per heavy atom. The van der Waals surface area contributed by atoms with Gasteiger partial charge in [-0.1, -0.05) is 6.92 Å². The van der Waals surface area contributed by atoms with E-state index in [1.807, 2.05) is 0 Å². The molecule has 0 aromatic carbocycles. The van der Waals surface area contributed by atoms with Crippen LogP contribution < -0.4 is 5.73 Å². The molecule has 0 amide bonds. The van der Waals surface area contributed by atoms with Crippen LogP contribution in [0.2, 0.25) is 0 Å². The van der Waals surface area contributed by atoms with Crippen molar-refractivity contribution < 1.29 is 0 Å². The maximum absolute atomic E-state index is 5.46. The number of nitrogens with zero attached hydrogens (tertiary/aromatic N) is 1. The van der Waals surface area contributed by atoms with Crippen LogP contribution in [0.25, 0.3) is 0 Å². The van der Waals surface area contributed by atoms with Crippen molar-refractivity contribution in [1.82, 2.24) is 4.98 Å². The van der Waals surface area contributed by atoms with Gasteiger partial charge in [-0.05, 0) is 12.8 Å². The van der Waals surface area contributed by atoms with Crippen molar-refractivity contribution in [3.05, 3.63) is 11.2 Å². The van der Waals surface area contributed by atoms with E-state index in [9.17, 15) is 0 Å². The molecule has 1 aromatic heterocycles. The lowest BCUT2D eigenvalue weighted by Gasteiger charge is -1.84. The number of thiazole rings is 1. The molecule has 0 bridgehead atoms. The van der Waals surface area contributed by atoms with Gasteiger partial charge in [-0.15, -0.1) is 36.2 Å². The number of hydrogen-bond donors (Lipinski definition) is 1. The summed E-state index contributed by atoms with van der Waals surface area (Å²) in [6.07, 6.45) is 3.92. The van der Waals surface area contributed by atoms with E-state index in [0.717, 1.165) is 22.9 Å². The molecule has 0 atom stereocenters. The number of nitrogen functional groups attached to an aromatic ring is 1. The monoisotopic (exact) mass is 214 g/mol. The van der Waals surface area contributed by atoms with Crippen LogP contribution in [0.15, 0.2) is 6.20 Å². The predicted octanol–water partition coefficient (Wildman–Crippen LogP) is 2.52. The highest BCUT2D eigenvalue weighted by Crippen LogP contribution is 2.15. The summed E-state index contributed by atoms with van der Waals surface area (Å²) in [5.74, 6) is 0. The van der Waals surface area contributed by atoms with Crippen LogP contribution in [-0.2, 0) is 6.42 Å². The van der Waals surface area contributed by atoms with Gasteiger partial charge in [0.2, 0.25) is 0 Å². The van der Waals surface area contributed by atoms with Gasteiger partial charge in [-0.2, -0.15) is 0 Å². The topological polar surface area (TPSA) is 38.9 Å². The number of rotatable bonds is 2. The fourth-order valence-corrected chi connectivity index (χ4v) is 1.44. The van der Waals surface area contributed by atoms with E-state index in [1.165, 1.54) is 0 Å². The van der Waals surface area contributed by atoms with Gasteiger partial charge >= 0.3 is 0 Å². The van der Waals surface area contributed by atoms with Gasteiger partial charge in [0.25, 0.3) is 0 Å². The quantitative estimate of drug-likeness (QED) is 0.823. The second-order valence-electron chi connectivity index (χ2n) is 1.91. The van der Waals surface area contributed by atoms with Crippen LogP contribution in [-0.4, -0.2) is 4.98 Å². The largest absolute Gasteiger partial charge is 0.389 e. The maximum Gasteiger partial charge on any atom is 0.106 e. The SMILES string of the molecule is CCCc1ncc(N)s1.Cl.Cl. The first-order valence-corrected chi connectivity index (χ1v) is 3.84. The standard InChI is InChI=1S/C6H10N2S.2ClH/c1-2-3-6-8-4-5(7)9-6;;/h4H,2-3,7H2,1H3;2*1H. The van der Waals surface area contributed by atoms with Crippen LogP contribution in [0, 0.1) is 0 Å². The second-order valence-corrected chi connectivity index (χ2v) is 3.05. The van der Waals surface area contributed by atoms with E-state index in [1.54, 1.807) is 17.5 Å². The Morgan fingerprint density at radius 2 is 2.18 bits per heavy atom. The van der Waals surface area contributed by atoms with Crippen molar-refractivity contribution in [1.29, 1.82) is 0 Å². The first-order chi connectivity index (χ1) is 4.33. The van der Waals surface area contributed by atoms with Crippen molar-refractivity contribution in [2.75, 3.05) is 5.73 Å². The smallest absolute Gasteiger partial charge is 0.106 e. The van der Waals surface area contributed by atoms with E-state index < -0.39 is 0 Å². The highest BCUT2D eigenvalue weighted by molar-refractivity contribution is 7.15. The summed E-state index contributed by atoms with van der Waals surface area (Å²) in [5.41, 5.74) is 5.46. The first-order valence-electron chi connectivity index (χ1n) is 3.03. The fraction of sp³-hybridized carbons (Fsp3) is 0.500. The third-order valence-corrected chi connectivity index (χ3v) is 1.92. The van der Waals surface area contributed by atoms with Crippen molar-refractivity contribution in [2.24, 2.45) is 0 Å². The highest BCUT2D eigenvalue weighted by Gasteiger charge is 1.94. The zero-order chi connectivity index (χ0) is 6.69. The molecule has 1 aromatic rings. The van der Waals surface area contributed by atoms with Gasteiger partial charge in [-0.3, -0.25) is 0 Å². The van der Waals surface area contributed by atoms with Crippen molar-refractivity contribution in [2.45, 2.75) is 19.8 Å². The maximum atomic E-state index is 5.46. The molecule has 0 saturated heterocycles.